The molecule has 8 heteroatoms. The Labute approximate surface area is 108 Å². The first-order chi connectivity index (χ1) is 8.03. The second kappa shape index (κ2) is 6.46. The number of carbonyl (C=O) groups excluding carboxylic acids is 1. The van der Waals surface area contributed by atoms with Crippen LogP contribution in [0.15, 0.2) is 0 Å². The first-order valence-electron chi connectivity index (χ1n) is 5.53. The highest BCUT2D eigenvalue weighted by Gasteiger charge is 2.31. The van der Waals surface area contributed by atoms with Crippen molar-refractivity contribution < 1.29 is 23.1 Å². The van der Waals surface area contributed by atoms with E-state index in [1.807, 2.05) is 0 Å². The molecule has 0 aliphatic rings. The van der Waals surface area contributed by atoms with Crippen molar-refractivity contribution in [1.29, 1.82) is 0 Å². The smallest absolute Gasteiger partial charge is 0.306 e. The first-order valence-corrected chi connectivity index (χ1v) is 6.97. The molecule has 1 unspecified atom stereocenters. The van der Waals surface area contributed by atoms with E-state index >= 15 is 0 Å². The van der Waals surface area contributed by atoms with Gasteiger partial charge in [0.05, 0.1) is 25.2 Å². The fourth-order valence-corrected chi connectivity index (χ4v) is 2.29. The Kier molecular flexibility index (Phi) is 6.21. The van der Waals surface area contributed by atoms with E-state index in [4.69, 9.17) is 0 Å². The van der Waals surface area contributed by atoms with Gasteiger partial charge in [-0.05, 0) is 20.8 Å². The lowest BCUT2D eigenvalue weighted by Gasteiger charge is -2.31. The summed E-state index contributed by atoms with van der Waals surface area (Å²) in [4.78, 5) is 10.9. The quantitative estimate of drug-likeness (QED) is 0.612. The highest BCUT2D eigenvalue weighted by molar-refractivity contribution is 7.87. The fourth-order valence-electron chi connectivity index (χ4n) is 0.967. The number of hydrogen-bond acceptors (Lipinski definition) is 5. The van der Waals surface area contributed by atoms with Crippen LogP contribution in [0.25, 0.3) is 0 Å². The standard InChI is InChI=1S/C10H22N2O5S/c1-8(13)10(2,3)11-18(15,16)12(4)7-6-9(14)17-5/h8,11,13H,6-7H2,1-5H3. The van der Waals surface area contributed by atoms with E-state index in [0.29, 0.717) is 0 Å². The number of nitrogens with zero attached hydrogens (tertiary/aromatic N) is 1. The normalized spacial score (nSPS) is 14.6. The minimum atomic E-state index is -3.75. The van der Waals surface area contributed by atoms with Crippen molar-refractivity contribution in [2.75, 3.05) is 20.7 Å². The predicted molar refractivity (Wildman–Crippen MR) is 67.1 cm³/mol. The van der Waals surface area contributed by atoms with Crippen molar-refractivity contribution in [3.8, 4) is 0 Å². The van der Waals surface area contributed by atoms with Crippen molar-refractivity contribution in [1.82, 2.24) is 9.03 Å². The lowest BCUT2D eigenvalue weighted by atomic mass is 10.0. The second-order valence-corrected chi connectivity index (χ2v) is 6.43. The molecular weight excluding hydrogens is 260 g/mol. The third kappa shape index (κ3) is 5.30. The number of hydrogen-bond donors (Lipinski definition) is 2. The molecule has 1 atom stereocenters. The van der Waals surface area contributed by atoms with Gasteiger partial charge < -0.3 is 9.84 Å². The summed E-state index contributed by atoms with van der Waals surface area (Å²) in [5.74, 6) is -0.480. The lowest BCUT2D eigenvalue weighted by Crippen LogP contribution is -2.54. The average molecular weight is 282 g/mol. The summed E-state index contributed by atoms with van der Waals surface area (Å²) in [5.41, 5.74) is -0.988. The Morgan fingerprint density at radius 2 is 2.00 bits per heavy atom. The molecule has 0 rings (SSSR count). The van der Waals surface area contributed by atoms with Gasteiger partial charge in [0.15, 0.2) is 0 Å². The summed E-state index contributed by atoms with van der Waals surface area (Å²) in [6, 6.07) is 0. The van der Waals surface area contributed by atoms with Crippen molar-refractivity contribution in [2.24, 2.45) is 0 Å². The van der Waals surface area contributed by atoms with E-state index in [1.165, 1.54) is 21.1 Å². The molecule has 0 aromatic heterocycles. The summed E-state index contributed by atoms with van der Waals surface area (Å²) >= 11 is 0. The number of methoxy groups -OCH3 is 1. The van der Waals surface area contributed by atoms with Gasteiger partial charge in [-0.1, -0.05) is 0 Å². The molecule has 2 N–H and O–H groups in total. The molecule has 0 spiro atoms. The molecule has 0 aliphatic heterocycles. The van der Waals surface area contributed by atoms with Crippen LogP contribution in [0, 0.1) is 0 Å². The van der Waals surface area contributed by atoms with Gasteiger partial charge in [-0.25, -0.2) is 0 Å². The lowest BCUT2D eigenvalue weighted by molar-refractivity contribution is -0.140. The van der Waals surface area contributed by atoms with E-state index < -0.39 is 27.8 Å². The third-order valence-electron chi connectivity index (χ3n) is 2.71. The summed E-state index contributed by atoms with van der Waals surface area (Å²) < 4.78 is 31.6. The molecule has 0 aromatic rings. The Balaban J connectivity index is 4.59. The summed E-state index contributed by atoms with van der Waals surface area (Å²) in [5, 5.41) is 9.46. The number of aliphatic hydroxyl groups excluding tert-OH is 1. The van der Waals surface area contributed by atoms with Crippen LogP contribution in [0.2, 0.25) is 0 Å². The molecule has 18 heavy (non-hydrogen) atoms. The van der Waals surface area contributed by atoms with Gasteiger partial charge in [0, 0.05) is 13.6 Å². The SMILES string of the molecule is COC(=O)CCN(C)S(=O)(=O)NC(C)(C)C(C)O. The van der Waals surface area contributed by atoms with Crippen LogP contribution in [0.4, 0.5) is 0 Å². The van der Waals surface area contributed by atoms with Crippen LogP contribution in [0.3, 0.4) is 0 Å². The van der Waals surface area contributed by atoms with E-state index in [0.717, 1.165) is 4.31 Å². The molecule has 0 aliphatic carbocycles. The number of ether oxygens (including phenoxy) is 1. The largest absolute Gasteiger partial charge is 0.469 e. The van der Waals surface area contributed by atoms with Gasteiger partial charge in [0.1, 0.15) is 0 Å². The van der Waals surface area contributed by atoms with E-state index in [1.54, 1.807) is 13.8 Å². The highest BCUT2D eigenvalue weighted by atomic mass is 32.2. The van der Waals surface area contributed by atoms with Crippen LogP contribution < -0.4 is 4.72 Å². The Morgan fingerprint density at radius 3 is 2.39 bits per heavy atom. The minimum Gasteiger partial charge on any atom is -0.469 e. The number of aliphatic hydroxyl groups is 1. The van der Waals surface area contributed by atoms with Crippen LogP contribution in [0.5, 0.6) is 0 Å². The maximum Gasteiger partial charge on any atom is 0.306 e. The van der Waals surface area contributed by atoms with Crippen molar-refractivity contribution in [2.45, 2.75) is 38.8 Å². The Morgan fingerprint density at radius 1 is 1.50 bits per heavy atom. The summed E-state index contributed by atoms with van der Waals surface area (Å²) in [6.07, 6.45) is -0.871. The molecule has 108 valence electrons. The van der Waals surface area contributed by atoms with Crippen molar-refractivity contribution >= 4 is 16.2 Å². The summed E-state index contributed by atoms with van der Waals surface area (Å²) in [7, 11) is -1.16. The fraction of sp³-hybridized carbons (Fsp3) is 0.900. The van der Waals surface area contributed by atoms with Gasteiger partial charge in [-0.2, -0.15) is 17.4 Å². The zero-order valence-corrected chi connectivity index (χ0v) is 12.2. The van der Waals surface area contributed by atoms with Crippen molar-refractivity contribution in [3.05, 3.63) is 0 Å². The highest BCUT2D eigenvalue weighted by Crippen LogP contribution is 2.11. The van der Waals surface area contributed by atoms with Gasteiger partial charge in [0.25, 0.3) is 10.2 Å². The molecule has 0 saturated heterocycles. The molecule has 7 nitrogen and oxygen atoms in total. The Hall–Kier alpha value is -0.700. The zero-order valence-electron chi connectivity index (χ0n) is 11.4. The van der Waals surface area contributed by atoms with Crippen LogP contribution in [-0.2, 0) is 19.7 Å². The molecule has 0 bridgehead atoms. The second-order valence-electron chi connectivity index (χ2n) is 4.65. The van der Waals surface area contributed by atoms with E-state index in [2.05, 4.69) is 9.46 Å². The van der Waals surface area contributed by atoms with Crippen molar-refractivity contribution in [3.63, 3.8) is 0 Å². The number of nitrogens with one attached hydrogen (secondary N) is 1. The molecule has 0 saturated carbocycles. The van der Waals surface area contributed by atoms with E-state index in [-0.39, 0.29) is 13.0 Å². The molecule has 0 fully saturated rings. The third-order valence-corrected chi connectivity index (χ3v) is 4.49. The molecule has 0 radical (unpaired) electrons. The van der Waals surface area contributed by atoms with Gasteiger partial charge in [0.2, 0.25) is 0 Å². The minimum absolute atomic E-state index is 0.0118. The molecule has 0 heterocycles. The Bertz CT molecular complexity index is 378. The predicted octanol–water partition coefficient (Wildman–Crippen LogP) is -0.525. The first kappa shape index (κ1) is 17.3. The zero-order chi connectivity index (χ0) is 14.6. The average Bonchev–Trinajstić information content (AvgIpc) is 2.23. The number of esters is 1. The van der Waals surface area contributed by atoms with Gasteiger partial charge in [-0.3, -0.25) is 4.79 Å². The topological polar surface area (TPSA) is 95.9 Å². The van der Waals surface area contributed by atoms with Gasteiger partial charge in [-0.15, -0.1) is 0 Å². The van der Waals surface area contributed by atoms with Crippen LogP contribution in [-0.4, -0.2) is 56.1 Å². The molecule has 0 aromatic carbocycles. The number of rotatable bonds is 7. The monoisotopic (exact) mass is 282 g/mol. The maximum atomic E-state index is 11.9. The van der Waals surface area contributed by atoms with Crippen LogP contribution >= 0.6 is 0 Å². The number of carbonyl (C=O) groups is 1. The maximum absolute atomic E-state index is 11.9. The summed E-state index contributed by atoms with van der Waals surface area (Å²) in [6.45, 7) is 4.65. The van der Waals surface area contributed by atoms with Crippen LogP contribution in [0.1, 0.15) is 27.2 Å². The molecular formula is C10H22N2O5S. The van der Waals surface area contributed by atoms with Gasteiger partial charge >= 0.3 is 5.97 Å². The van der Waals surface area contributed by atoms with E-state index in [9.17, 15) is 18.3 Å². The molecule has 0 amide bonds.